The Kier molecular flexibility index (Phi) is 5.57. The van der Waals surface area contributed by atoms with Gasteiger partial charge in [0.25, 0.3) is 0 Å². The predicted molar refractivity (Wildman–Crippen MR) is 124 cm³/mol. The van der Waals surface area contributed by atoms with Crippen molar-refractivity contribution in [2.45, 2.75) is 76.7 Å². The summed E-state index contributed by atoms with van der Waals surface area (Å²) in [6.07, 6.45) is 12.0. The third-order valence-corrected chi connectivity index (χ3v) is 7.59. The second-order valence-electron chi connectivity index (χ2n) is 9.85. The number of piperidine rings is 1. The fourth-order valence-corrected chi connectivity index (χ4v) is 5.78. The first-order valence-corrected chi connectivity index (χ1v) is 12.8. The lowest BCUT2D eigenvalue weighted by Gasteiger charge is -2.33. The zero-order valence-corrected chi connectivity index (χ0v) is 19.1. The molecule has 32 heavy (non-hydrogen) atoms. The fourth-order valence-electron chi connectivity index (χ4n) is 5.78. The number of aryl methyl sites for hydroxylation is 1. The molecule has 6 rings (SSSR count). The Morgan fingerprint density at radius 3 is 1.84 bits per heavy atom. The third kappa shape index (κ3) is 3.90. The van der Waals surface area contributed by atoms with E-state index < -0.39 is 0 Å². The minimum atomic E-state index is 0.394. The van der Waals surface area contributed by atoms with Crippen LogP contribution in [0.3, 0.4) is 0 Å². The van der Waals surface area contributed by atoms with E-state index in [4.69, 9.17) is 15.0 Å². The molecular formula is C23H35N9. The Balaban J connectivity index is 1.28. The van der Waals surface area contributed by atoms with Gasteiger partial charge in [0, 0.05) is 58.2 Å². The number of nitrogens with zero attached hydrogens (tertiary/aromatic N) is 9. The Morgan fingerprint density at radius 1 is 0.562 bits per heavy atom. The van der Waals surface area contributed by atoms with Crippen LogP contribution in [0, 0.1) is 0 Å². The van der Waals surface area contributed by atoms with Gasteiger partial charge < -0.3 is 19.3 Å². The van der Waals surface area contributed by atoms with Crippen LogP contribution >= 0.6 is 0 Å². The molecule has 9 nitrogen and oxygen atoms in total. The molecule has 2 aromatic heterocycles. The van der Waals surface area contributed by atoms with Gasteiger partial charge in [0.15, 0.2) is 0 Å². The van der Waals surface area contributed by atoms with Crippen molar-refractivity contribution in [2.24, 2.45) is 0 Å². The summed E-state index contributed by atoms with van der Waals surface area (Å²) in [5, 5.41) is 9.23. The molecule has 0 aliphatic carbocycles. The molecule has 0 N–H and O–H groups in total. The van der Waals surface area contributed by atoms with Gasteiger partial charge in [-0.2, -0.15) is 15.0 Å². The number of hydrogen-bond acceptors (Lipinski definition) is 8. The lowest BCUT2D eigenvalue weighted by Crippen LogP contribution is -2.37. The zero-order chi connectivity index (χ0) is 21.3. The van der Waals surface area contributed by atoms with E-state index in [1.807, 2.05) is 0 Å². The predicted octanol–water partition coefficient (Wildman–Crippen LogP) is 2.77. The lowest BCUT2D eigenvalue weighted by atomic mass is 9.97. The molecule has 6 heterocycles. The zero-order valence-electron chi connectivity index (χ0n) is 19.1. The number of hydrogen-bond donors (Lipinski definition) is 0. The summed E-state index contributed by atoms with van der Waals surface area (Å²) >= 11 is 0. The minimum absolute atomic E-state index is 0.394. The van der Waals surface area contributed by atoms with Crippen LogP contribution in [-0.4, -0.2) is 69.0 Å². The van der Waals surface area contributed by atoms with Crippen LogP contribution in [-0.2, 0) is 13.0 Å². The average molecular weight is 438 g/mol. The first-order chi connectivity index (χ1) is 15.8. The van der Waals surface area contributed by atoms with Gasteiger partial charge in [0.2, 0.25) is 17.8 Å². The van der Waals surface area contributed by atoms with E-state index in [1.54, 1.807) is 0 Å². The van der Waals surface area contributed by atoms with Crippen LogP contribution in [0.15, 0.2) is 0 Å². The van der Waals surface area contributed by atoms with Gasteiger partial charge in [-0.05, 0) is 51.4 Å². The number of rotatable bonds is 4. The molecule has 4 aliphatic heterocycles. The molecule has 9 heteroatoms. The highest BCUT2D eigenvalue weighted by atomic mass is 15.4. The molecule has 1 atom stereocenters. The molecule has 3 saturated heterocycles. The van der Waals surface area contributed by atoms with E-state index in [0.29, 0.717) is 5.92 Å². The summed E-state index contributed by atoms with van der Waals surface area (Å²) in [6, 6.07) is 0. The van der Waals surface area contributed by atoms with Crippen molar-refractivity contribution in [3.05, 3.63) is 11.6 Å². The van der Waals surface area contributed by atoms with Crippen LogP contribution < -0.4 is 14.7 Å². The third-order valence-electron chi connectivity index (χ3n) is 7.59. The standard InChI is InChI=1S/C23H35N9/c1-2-10-19-27-28-20(32(19)16-3-1)18-9-8-15-31(17-18)23-25-21(29-11-4-5-12-29)24-22(26-23)30-13-6-7-14-30/h18H,1-17H2. The Morgan fingerprint density at radius 2 is 1.16 bits per heavy atom. The molecule has 3 fully saturated rings. The quantitative estimate of drug-likeness (QED) is 0.723. The summed E-state index contributed by atoms with van der Waals surface area (Å²) in [5.41, 5.74) is 0. The van der Waals surface area contributed by atoms with E-state index in [9.17, 15) is 0 Å². The van der Waals surface area contributed by atoms with Gasteiger partial charge >= 0.3 is 0 Å². The number of fused-ring (bicyclic) bond motifs is 1. The molecule has 4 aliphatic rings. The van der Waals surface area contributed by atoms with Gasteiger partial charge in [0.1, 0.15) is 11.6 Å². The SMILES string of the molecule is C1CCc2nnc(C3CCCN(c4nc(N5CCCC5)nc(N5CCCC5)n4)C3)n2CC1. The number of aromatic nitrogens is 6. The molecule has 1 unspecified atom stereocenters. The van der Waals surface area contributed by atoms with E-state index in [1.165, 1.54) is 56.6 Å². The molecule has 0 amide bonds. The average Bonchev–Trinajstić information content (AvgIpc) is 3.60. The fraction of sp³-hybridized carbons (Fsp3) is 0.783. The molecule has 0 aromatic carbocycles. The van der Waals surface area contributed by atoms with Crippen molar-refractivity contribution in [3.63, 3.8) is 0 Å². The van der Waals surface area contributed by atoms with E-state index in [2.05, 4.69) is 29.5 Å². The molecular weight excluding hydrogens is 402 g/mol. The van der Waals surface area contributed by atoms with Crippen molar-refractivity contribution in [1.29, 1.82) is 0 Å². The smallest absolute Gasteiger partial charge is 0.231 e. The summed E-state index contributed by atoms with van der Waals surface area (Å²) in [4.78, 5) is 21.9. The van der Waals surface area contributed by atoms with Gasteiger partial charge in [-0.1, -0.05) is 6.42 Å². The highest BCUT2D eigenvalue weighted by molar-refractivity contribution is 5.48. The van der Waals surface area contributed by atoms with Crippen LogP contribution in [0.4, 0.5) is 17.8 Å². The van der Waals surface area contributed by atoms with Gasteiger partial charge in [-0.15, -0.1) is 10.2 Å². The molecule has 0 spiro atoms. The summed E-state index contributed by atoms with van der Waals surface area (Å²) < 4.78 is 2.42. The Labute approximate surface area is 190 Å². The maximum absolute atomic E-state index is 4.99. The second kappa shape index (κ2) is 8.83. The molecule has 2 aromatic rings. The van der Waals surface area contributed by atoms with Crippen LogP contribution in [0.1, 0.15) is 75.4 Å². The minimum Gasteiger partial charge on any atom is -0.341 e. The maximum Gasteiger partial charge on any atom is 0.231 e. The monoisotopic (exact) mass is 437 g/mol. The first kappa shape index (κ1) is 20.2. The van der Waals surface area contributed by atoms with Crippen molar-refractivity contribution in [3.8, 4) is 0 Å². The van der Waals surface area contributed by atoms with E-state index >= 15 is 0 Å². The highest BCUT2D eigenvalue weighted by Crippen LogP contribution is 2.31. The van der Waals surface area contributed by atoms with E-state index in [0.717, 1.165) is 82.9 Å². The Bertz CT molecular complexity index is 895. The number of anilines is 3. The molecule has 0 bridgehead atoms. The maximum atomic E-state index is 4.99. The molecule has 0 saturated carbocycles. The van der Waals surface area contributed by atoms with Gasteiger partial charge in [0.05, 0.1) is 0 Å². The van der Waals surface area contributed by atoms with Crippen molar-refractivity contribution < 1.29 is 0 Å². The van der Waals surface area contributed by atoms with Crippen molar-refractivity contribution in [1.82, 2.24) is 29.7 Å². The topological polar surface area (TPSA) is 79.1 Å². The Hall–Kier alpha value is -2.45. The van der Waals surface area contributed by atoms with Crippen molar-refractivity contribution >= 4 is 17.8 Å². The second-order valence-corrected chi connectivity index (χ2v) is 9.85. The normalized spacial score (nSPS) is 24.1. The van der Waals surface area contributed by atoms with Crippen LogP contribution in [0.2, 0.25) is 0 Å². The summed E-state index contributed by atoms with van der Waals surface area (Å²) in [5.74, 6) is 5.35. The van der Waals surface area contributed by atoms with Crippen LogP contribution in [0.5, 0.6) is 0 Å². The van der Waals surface area contributed by atoms with Gasteiger partial charge in [-0.3, -0.25) is 0 Å². The lowest BCUT2D eigenvalue weighted by molar-refractivity contribution is 0.461. The largest absolute Gasteiger partial charge is 0.341 e. The summed E-state index contributed by atoms with van der Waals surface area (Å²) in [6.45, 7) is 7.20. The molecule has 172 valence electrons. The van der Waals surface area contributed by atoms with E-state index in [-0.39, 0.29) is 0 Å². The molecule has 0 radical (unpaired) electrons. The van der Waals surface area contributed by atoms with Crippen molar-refractivity contribution in [2.75, 3.05) is 54.0 Å². The summed E-state index contributed by atoms with van der Waals surface area (Å²) in [7, 11) is 0. The van der Waals surface area contributed by atoms with Crippen LogP contribution in [0.25, 0.3) is 0 Å². The first-order valence-electron chi connectivity index (χ1n) is 12.8. The highest BCUT2D eigenvalue weighted by Gasteiger charge is 2.30. The van der Waals surface area contributed by atoms with Gasteiger partial charge in [-0.25, -0.2) is 0 Å².